The minimum atomic E-state index is -0.278. The lowest BCUT2D eigenvalue weighted by Crippen LogP contribution is -2.49. The molecule has 5 nitrogen and oxygen atoms in total. The number of hydrogen-bond donors (Lipinski definition) is 0. The molecule has 0 aliphatic carbocycles. The molecule has 5 heteroatoms. The van der Waals surface area contributed by atoms with Gasteiger partial charge in [0.05, 0.1) is 6.07 Å². The van der Waals surface area contributed by atoms with E-state index < -0.39 is 0 Å². The smallest absolute Gasteiger partial charge is 0.253 e. The van der Waals surface area contributed by atoms with E-state index in [4.69, 9.17) is 0 Å². The van der Waals surface area contributed by atoms with Crippen molar-refractivity contribution in [1.82, 2.24) is 9.80 Å². The number of carbonyl (C=O) groups is 1. The van der Waals surface area contributed by atoms with E-state index in [0.29, 0.717) is 26.2 Å². The number of hydrogen-bond acceptors (Lipinski definition) is 4. The van der Waals surface area contributed by atoms with Crippen LogP contribution in [-0.2, 0) is 0 Å². The highest BCUT2D eigenvalue weighted by atomic mass is 16.2. The van der Waals surface area contributed by atoms with Crippen LogP contribution < -0.4 is 4.90 Å². The highest BCUT2D eigenvalue weighted by Crippen LogP contribution is 2.24. The van der Waals surface area contributed by atoms with Gasteiger partial charge in [0.15, 0.2) is 0 Å². The summed E-state index contributed by atoms with van der Waals surface area (Å²) in [7, 11) is 4.00. The van der Waals surface area contributed by atoms with Crippen molar-refractivity contribution in [3.63, 3.8) is 0 Å². The largest absolute Gasteiger partial charge is 0.378 e. The Kier molecular flexibility index (Phi) is 5.55. The van der Waals surface area contributed by atoms with Crippen LogP contribution in [0.3, 0.4) is 0 Å². The van der Waals surface area contributed by atoms with Gasteiger partial charge in [-0.1, -0.05) is 30.3 Å². The molecule has 1 heterocycles. The molecule has 1 amide bonds. The maximum atomic E-state index is 12.6. The van der Waals surface area contributed by atoms with Crippen LogP contribution in [0, 0.1) is 11.3 Å². The van der Waals surface area contributed by atoms with Crippen LogP contribution in [0.5, 0.6) is 0 Å². The average molecular weight is 348 g/mol. The van der Waals surface area contributed by atoms with Gasteiger partial charge in [0.25, 0.3) is 5.91 Å². The standard InChI is InChI=1S/C21H24N4O/c1-23(2)19-10-8-17(9-11-19)20(16-22)24-12-14-25(15-13-24)21(26)18-6-4-3-5-7-18/h3-11,20H,12-15H2,1-2H3. The fourth-order valence-electron chi connectivity index (χ4n) is 3.27. The summed E-state index contributed by atoms with van der Waals surface area (Å²) < 4.78 is 0. The first kappa shape index (κ1) is 18.0. The maximum absolute atomic E-state index is 12.6. The number of nitrogens with zero attached hydrogens (tertiary/aromatic N) is 4. The van der Waals surface area contributed by atoms with Crippen molar-refractivity contribution >= 4 is 11.6 Å². The molecule has 0 saturated carbocycles. The van der Waals surface area contributed by atoms with Gasteiger partial charge in [0.2, 0.25) is 0 Å². The van der Waals surface area contributed by atoms with Gasteiger partial charge < -0.3 is 9.80 Å². The molecule has 0 aromatic heterocycles. The Morgan fingerprint density at radius 2 is 1.62 bits per heavy atom. The minimum Gasteiger partial charge on any atom is -0.378 e. The van der Waals surface area contributed by atoms with Crippen LogP contribution in [-0.4, -0.2) is 56.0 Å². The van der Waals surface area contributed by atoms with E-state index in [-0.39, 0.29) is 11.9 Å². The highest BCUT2D eigenvalue weighted by Gasteiger charge is 2.27. The molecule has 0 N–H and O–H groups in total. The zero-order valence-corrected chi connectivity index (χ0v) is 15.3. The van der Waals surface area contributed by atoms with E-state index in [9.17, 15) is 10.1 Å². The predicted molar refractivity (Wildman–Crippen MR) is 103 cm³/mol. The Morgan fingerprint density at radius 3 is 2.15 bits per heavy atom. The van der Waals surface area contributed by atoms with Gasteiger partial charge in [0, 0.05) is 51.5 Å². The third-order valence-corrected chi connectivity index (χ3v) is 4.83. The van der Waals surface area contributed by atoms with Gasteiger partial charge in [-0.05, 0) is 29.8 Å². The number of amides is 1. The van der Waals surface area contributed by atoms with Crippen molar-refractivity contribution in [1.29, 1.82) is 5.26 Å². The van der Waals surface area contributed by atoms with Crippen LogP contribution in [0.2, 0.25) is 0 Å². The number of anilines is 1. The van der Waals surface area contributed by atoms with Gasteiger partial charge >= 0.3 is 0 Å². The Bertz CT molecular complexity index is 772. The maximum Gasteiger partial charge on any atom is 0.253 e. The summed E-state index contributed by atoms with van der Waals surface area (Å²) in [6, 6.07) is 19.6. The van der Waals surface area contributed by atoms with E-state index >= 15 is 0 Å². The molecular weight excluding hydrogens is 324 g/mol. The number of carbonyl (C=O) groups excluding carboxylic acids is 1. The number of benzene rings is 2. The quantitative estimate of drug-likeness (QED) is 0.852. The van der Waals surface area contributed by atoms with Crippen molar-refractivity contribution in [2.45, 2.75) is 6.04 Å². The fraction of sp³-hybridized carbons (Fsp3) is 0.333. The Labute approximate surface area is 155 Å². The first-order valence-corrected chi connectivity index (χ1v) is 8.85. The average Bonchev–Trinajstić information content (AvgIpc) is 2.69. The molecule has 26 heavy (non-hydrogen) atoms. The second-order valence-electron chi connectivity index (χ2n) is 6.71. The molecule has 1 saturated heterocycles. The van der Waals surface area contributed by atoms with E-state index in [1.807, 2.05) is 78.5 Å². The lowest BCUT2D eigenvalue weighted by atomic mass is 10.0. The second-order valence-corrected chi connectivity index (χ2v) is 6.71. The Morgan fingerprint density at radius 1 is 1.00 bits per heavy atom. The van der Waals surface area contributed by atoms with Gasteiger partial charge in [-0.2, -0.15) is 5.26 Å². The molecule has 134 valence electrons. The normalized spacial score (nSPS) is 16.0. The van der Waals surface area contributed by atoms with E-state index in [2.05, 4.69) is 11.0 Å². The lowest BCUT2D eigenvalue weighted by Gasteiger charge is -2.37. The summed E-state index contributed by atoms with van der Waals surface area (Å²) in [6.45, 7) is 2.68. The molecule has 0 spiro atoms. The molecule has 2 aromatic carbocycles. The number of rotatable bonds is 4. The molecule has 1 atom stereocenters. The van der Waals surface area contributed by atoms with Crippen LogP contribution in [0.15, 0.2) is 54.6 Å². The highest BCUT2D eigenvalue weighted by molar-refractivity contribution is 5.94. The SMILES string of the molecule is CN(C)c1ccc(C(C#N)N2CCN(C(=O)c3ccccc3)CC2)cc1. The van der Waals surface area contributed by atoms with Crippen molar-refractivity contribution < 1.29 is 4.79 Å². The topological polar surface area (TPSA) is 50.6 Å². The lowest BCUT2D eigenvalue weighted by molar-refractivity contribution is 0.0606. The van der Waals surface area contributed by atoms with E-state index in [1.165, 1.54) is 0 Å². The zero-order chi connectivity index (χ0) is 18.5. The van der Waals surface area contributed by atoms with Crippen LogP contribution in [0.4, 0.5) is 5.69 Å². The molecule has 1 fully saturated rings. The van der Waals surface area contributed by atoms with Crippen LogP contribution >= 0.6 is 0 Å². The molecule has 1 aliphatic heterocycles. The number of piperazine rings is 1. The van der Waals surface area contributed by atoms with Crippen molar-refractivity contribution in [2.75, 3.05) is 45.2 Å². The summed E-state index contributed by atoms with van der Waals surface area (Å²) >= 11 is 0. The molecule has 2 aromatic rings. The first-order chi connectivity index (χ1) is 12.6. The molecule has 0 radical (unpaired) electrons. The fourth-order valence-corrected chi connectivity index (χ4v) is 3.27. The second kappa shape index (κ2) is 8.03. The van der Waals surface area contributed by atoms with E-state index in [1.54, 1.807) is 0 Å². The Balaban J connectivity index is 1.64. The first-order valence-electron chi connectivity index (χ1n) is 8.85. The van der Waals surface area contributed by atoms with E-state index in [0.717, 1.165) is 16.8 Å². The summed E-state index contributed by atoms with van der Waals surface area (Å²) in [5, 5.41) is 9.68. The third kappa shape index (κ3) is 3.87. The van der Waals surface area contributed by atoms with Crippen molar-refractivity contribution in [3.8, 4) is 6.07 Å². The summed E-state index contributed by atoms with van der Waals surface area (Å²) in [5.41, 5.74) is 2.83. The molecule has 1 aliphatic rings. The van der Waals surface area contributed by atoms with Gasteiger partial charge in [-0.15, -0.1) is 0 Å². The minimum absolute atomic E-state index is 0.0640. The zero-order valence-electron chi connectivity index (χ0n) is 15.3. The van der Waals surface area contributed by atoms with Crippen molar-refractivity contribution in [3.05, 3.63) is 65.7 Å². The van der Waals surface area contributed by atoms with Crippen LogP contribution in [0.1, 0.15) is 22.0 Å². The van der Waals surface area contributed by atoms with Gasteiger partial charge in [0.1, 0.15) is 6.04 Å². The predicted octanol–water partition coefficient (Wildman–Crippen LogP) is 2.78. The summed E-state index contributed by atoms with van der Waals surface area (Å²) in [6.07, 6.45) is 0. The van der Waals surface area contributed by atoms with Gasteiger partial charge in [-0.3, -0.25) is 9.69 Å². The summed E-state index contributed by atoms with van der Waals surface area (Å²) in [5.74, 6) is 0.0640. The van der Waals surface area contributed by atoms with Gasteiger partial charge in [-0.25, -0.2) is 0 Å². The van der Waals surface area contributed by atoms with Crippen molar-refractivity contribution in [2.24, 2.45) is 0 Å². The monoisotopic (exact) mass is 348 g/mol. The number of nitriles is 1. The van der Waals surface area contributed by atoms with Crippen LogP contribution in [0.25, 0.3) is 0 Å². The molecule has 1 unspecified atom stereocenters. The summed E-state index contributed by atoms with van der Waals surface area (Å²) in [4.78, 5) is 18.6. The Hall–Kier alpha value is -2.84. The molecule has 3 rings (SSSR count). The molecule has 0 bridgehead atoms. The third-order valence-electron chi connectivity index (χ3n) is 4.83. The molecular formula is C21H24N4O.